The van der Waals surface area contributed by atoms with Crippen LogP contribution in [0.3, 0.4) is 0 Å². The number of thioether (sulfide) groups is 1. The molecule has 0 radical (unpaired) electrons. The highest BCUT2D eigenvalue weighted by atomic mass is 32.2. The first-order valence-corrected chi connectivity index (χ1v) is 11.2. The van der Waals surface area contributed by atoms with E-state index >= 15 is 0 Å². The first-order chi connectivity index (χ1) is 13.7. The van der Waals surface area contributed by atoms with Crippen LogP contribution in [0.15, 0.2) is 24.4 Å². The Morgan fingerprint density at radius 3 is 2.86 bits per heavy atom. The molecule has 1 fully saturated rings. The molecule has 0 bridgehead atoms. The molecule has 3 rings (SSSR count). The molecule has 28 heavy (non-hydrogen) atoms. The average molecular weight is 405 g/mol. The number of carbonyl (C=O) groups excluding carboxylic acids is 2. The van der Waals surface area contributed by atoms with Crippen LogP contribution in [0.2, 0.25) is 0 Å². The minimum Gasteiger partial charge on any atom is -0.335 e. The number of fused-ring (bicyclic) bond motifs is 1. The van der Waals surface area contributed by atoms with Crippen LogP contribution in [-0.4, -0.2) is 51.1 Å². The van der Waals surface area contributed by atoms with Crippen molar-refractivity contribution in [3.63, 3.8) is 0 Å². The predicted molar refractivity (Wildman–Crippen MR) is 110 cm³/mol. The Hall–Kier alpha value is -2.13. The SMILES string of the molecule is CSCC[C@H](NCC(=O)NC(=O)NC1CCCCC1)c1nnc2ccccn12. The quantitative estimate of drug-likeness (QED) is 0.624. The molecule has 8 nitrogen and oxygen atoms in total. The number of pyridine rings is 1. The van der Waals surface area contributed by atoms with Crippen LogP contribution in [-0.2, 0) is 4.79 Å². The minimum atomic E-state index is -0.410. The number of nitrogens with one attached hydrogen (secondary N) is 3. The van der Waals surface area contributed by atoms with Crippen molar-refractivity contribution >= 4 is 29.3 Å². The van der Waals surface area contributed by atoms with Crippen LogP contribution in [0.1, 0.15) is 50.4 Å². The summed E-state index contributed by atoms with van der Waals surface area (Å²) in [7, 11) is 0. The van der Waals surface area contributed by atoms with E-state index in [0.717, 1.165) is 49.3 Å². The van der Waals surface area contributed by atoms with Crippen LogP contribution in [0.4, 0.5) is 4.79 Å². The highest BCUT2D eigenvalue weighted by Crippen LogP contribution is 2.18. The Morgan fingerprint density at radius 1 is 1.25 bits per heavy atom. The van der Waals surface area contributed by atoms with E-state index in [2.05, 4.69) is 26.1 Å². The number of rotatable bonds is 8. The van der Waals surface area contributed by atoms with Crippen molar-refractivity contribution in [2.45, 2.75) is 50.6 Å². The van der Waals surface area contributed by atoms with Gasteiger partial charge in [-0.05, 0) is 43.4 Å². The lowest BCUT2D eigenvalue weighted by Crippen LogP contribution is -2.47. The van der Waals surface area contributed by atoms with Crippen LogP contribution in [0.25, 0.3) is 5.65 Å². The van der Waals surface area contributed by atoms with Gasteiger partial charge in [0.25, 0.3) is 0 Å². The first kappa shape index (κ1) is 20.6. The summed E-state index contributed by atoms with van der Waals surface area (Å²) >= 11 is 1.73. The fourth-order valence-electron chi connectivity index (χ4n) is 3.51. The average Bonchev–Trinajstić information content (AvgIpc) is 3.13. The lowest BCUT2D eigenvalue weighted by atomic mass is 9.96. The van der Waals surface area contributed by atoms with Gasteiger partial charge in [0, 0.05) is 12.2 Å². The topological polar surface area (TPSA) is 100 Å². The molecule has 0 unspecified atom stereocenters. The molecule has 1 aliphatic rings. The molecule has 2 aromatic heterocycles. The maximum absolute atomic E-state index is 12.2. The lowest BCUT2D eigenvalue weighted by Gasteiger charge is -2.22. The van der Waals surface area contributed by atoms with E-state index in [-0.39, 0.29) is 24.5 Å². The molecule has 0 saturated heterocycles. The zero-order valence-corrected chi connectivity index (χ0v) is 17.0. The van der Waals surface area contributed by atoms with Crippen molar-refractivity contribution in [1.29, 1.82) is 0 Å². The second kappa shape index (κ2) is 10.4. The minimum absolute atomic E-state index is 0.0406. The molecule has 152 valence electrons. The maximum Gasteiger partial charge on any atom is 0.321 e. The Kier molecular flexibility index (Phi) is 7.67. The van der Waals surface area contributed by atoms with Gasteiger partial charge in [-0.15, -0.1) is 10.2 Å². The van der Waals surface area contributed by atoms with Gasteiger partial charge in [0.05, 0.1) is 12.6 Å². The van der Waals surface area contributed by atoms with Gasteiger partial charge < -0.3 is 5.32 Å². The summed E-state index contributed by atoms with van der Waals surface area (Å²) in [5.41, 5.74) is 0.768. The smallest absolute Gasteiger partial charge is 0.321 e. The Bertz CT molecular complexity index is 790. The van der Waals surface area contributed by atoms with E-state index < -0.39 is 6.03 Å². The van der Waals surface area contributed by atoms with E-state index in [9.17, 15) is 9.59 Å². The second-order valence-corrected chi connectivity index (χ2v) is 8.04. The summed E-state index contributed by atoms with van der Waals surface area (Å²) in [6.45, 7) is 0.0406. The lowest BCUT2D eigenvalue weighted by molar-refractivity contribution is -0.119. The molecular weight excluding hydrogens is 376 g/mol. The van der Waals surface area contributed by atoms with Crippen LogP contribution in [0, 0.1) is 0 Å². The highest BCUT2D eigenvalue weighted by molar-refractivity contribution is 7.98. The highest BCUT2D eigenvalue weighted by Gasteiger charge is 2.20. The van der Waals surface area contributed by atoms with E-state index in [1.165, 1.54) is 6.42 Å². The van der Waals surface area contributed by atoms with E-state index in [1.54, 1.807) is 11.8 Å². The molecule has 3 N–H and O–H groups in total. The third kappa shape index (κ3) is 5.68. The largest absolute Gasteiger partial charge is 0.335 e. The summed E-state index contributed by atoms with van der Waals surface area (Å²) in [5, 5.41) is 17.0. The predicted octanol–water partition coefficient (Wildman–Crippen LogP) is 2.27. The third-order valence-corrected chi connectivity index (χ3v) is 5.61. The third-order valence-electron chi connectivity index (χ3n) is 4.96. The zero-order chi connectivity index (χ0) is 19.8. The number of amides is 3. The van der Waals surface area contributed by atoms with Gasteiger partial charge in [-0.3, -0.25) is 19.8 Å². The van der Waals surface area contributed by atoms with E-state index in [0.29, 0.717) is 0 Å². The van der Waals surface area contributed by atoms with Crippen molar-refractivity contribution in [3.8, 4) is 0 Å². The summed E-state index contributed by atoms with van der Waals surface area (Å²) < 4.78 is 1.92. The molecule has 9 heteroatoms. The Balaban J connectivity index is 1.54. The van der Waals surface area contributed by atoms with Crippen LogP contribution >= 0.6 is 11.8 Å². The van der Waals surface area contributed by atoms with Gasteiger partial charge in [0.1, 0.15) is 0 Å². The number of hydrogen-bond donors (Lipinski definition) is 3. The molecule has 0 spiro atoms. The summed E-state index contributed by atoms with van der Waals surface area (Å²) in [5.74, 6) is 1.34. The molecule has 0 aliphatic heterocycles. The summed E-state index contributed by atoms with van der Waals surface area (Å²) in [6, 6.07) is 5.37. The van der Waals surface area contributed by atoms with E-state index in [4.69, 9.17) is 0 Å². The fraction of sp³-hybridized carbons (Fsp3) is 0.579. The molecule has 0 aromatic carbocycles. The van der Waals surface area contributed by atoms with Crippen molar-refractivity contribution in [3.05, 3.63) is 30.2 Å². The normalized spacial score (nSPS) is 16.0. The monoisotopic (exact) mass is 404 g/mol. The van der Waals surface area contributed by atoms with Crippen LogP contribution < -0.4 is 16.0 Å². The molecule has 1 atom stereocenters. The number of imide groups is 1. The van der Waals surface area contributed by atoms with Crippen molar-refractivity contribution in [2.24, 2.45) is 0 Å². The van der Waals surface area contributed by atoms with Gasteiger partial charge in [0.15, 0.2) is 11.5 Å². The maximum atomic E-state index is 12.2. The number of hydrogen-bond acceptors (Lipinski definition) is 6. The van der Waals surface area contributed by atoms with E-state index in [1.807, 2.05) is 35.1 Å². The number of aromatic nitrogens is 3. The Morgan fingerprint density at radius 2 is 2.07 bits per heavy atom. The number of carbonyl (C=O) groups is 2. The fourth-order valence-corrected chi connectivity index (χ4v) is 3.98. The standard InChI is InChI=1S/C19H28N6O2S/c1-28-12-10-15(18-24-23-16-9-5-6-11-25(16)18)20-13-17(26)22-19(27)21-14-7-3-2-4-8-14/h5-6,9,11,14-15,20H,2-4,7-8,10,12-13H2,1H3,(H2,21,22,26,27)/t15-/m0/s1. The zero-order valence-electron chi connectivity index (χ0n) is 16.2. The summed E-state index contributed by atoms with van der Waals surface area (Å²) in [6.07, 6.45) is 10.2. The van der Waals surface area contributed by atoms with Gasteiger partial charge in [-0.1, -0.05) is 25.3 Å². The molecule has 1 aliphatic carbocycles. The van der Waals surface area contributed by atoms with Crippen molar-refractivity contribution in [2.75, 3.05) is 18.6 Å². The second-order valence-electron chi connectivity index (χ2n) is 7.06. The van der Waals surface area contributed by atoms with Crippen molar-refractivity contribution < 1.29 is 9.59 Å². The first-order valence-electron chi connectivity index (χ1n) is 9.79. The molecule has 2 heterocycles. The molecule has 2 aromatic rings. The van der Waals surface area contributed by atoms with Crippen LogP contribution in [0.5, 0.6) is 0 Å². The van der Waals surface area contributed by atoms with Gasteiger partial charge >= 0.3 is 6.03 Å². The van der Waals surface area contributed by atoms with Gasteiger partial charge in [-0.2, -0.15) is 11.8 Å². The van der Waals surface area contributed by atoms with Gasteiger partial charge in [-0.25, -0.2) is 4.79 Å². The molecular formula is C19H28N6O2S. The molecule has 1 saturated carbocycles. The summed E-state index contributed by atoms with van der Waals surface area (Å²) in [4.78, 5) is 24.3. The van der Waals surface area contributed by atoms with Crippen molar-refractivity contribution in [1.82, 2.24) is 30.5 Å². The molecule has 3 amide bonds. The number of nitrogens with zero attached hydrogens (tertiary/aromatic N) is 3. The van der Waals surface area contributed by atoms with Gasteiger partial charge in [0.2, 0.25) is 5.91 Å². The number of urea groups is 1. The Labute approximate surface area is 169 Å².